The number of carbonyl (C=O) groups excluding carboxylic acids is 1. The quantitative estimate of drug-likeness (QED) is 0.419. The van der Waals surface area contributed by atoms with Crippen LogP contribution in [0.15, 0.2) is 53.6 Å². The van der Waals surface area contributed by atoms with Crippen molar-refractivity contribution in [3.05, 3.63) is 75.7 Å². The van der Waals surface area contributed by atoms with Gasteiger partial charge >= 0.3 is 12.3 Å². The van der Waals surface area contributed by atoms with Crippen LogP contribution < -0.4 is 15.0 Å². The first-order chi connectivity index (χ1) is 18.4. The van der Waals surface area contributed by atoms with E-state index in [0.717, 1.165) is 18.3 Å². The van der Waals surface area contributed by atoms with Crippen LogP contribution >= 0.6 is 23.2 Å². The number of ether oxygens (including phenoxy) is 1. The minimum absolute atomic E-state index is 0.0288. The summed E-state index contributed by atoms with van der Waals surface area (Å²) in [7, 11) is -3.89. The van der Waals surface area contributed by atoms with Crippen molar-refractivity contribution in [2.45, 2.75) is 29.3 Å². The SMILES string of the molecule is N#Cc1ncc(OC(=O)NCc2ccc(C(F)(F)F)cc2)c(N2CC[C@H](S(=O)(=O)c3cccc(Cl)c3Cl)C2)n1. The highest BCUT2D eigenvalue weighted by atomic mass is 35.5. The van der Waals surface area contributed by atoms with Gasteiger partial charge in [0, 0.05) is 19.6 Å². The third-order valence-corrected chi connectivity index (χ3v) is 9.01. The highest BCUT2D eigenvalue weighted by Crippen LogP contribution is 2.36. The molecule has 1 amide bonds. The molecule has 9 nitrogen and oxygen atoms in total. The van der Waals surface area contributed by atoms with Gasteiger partial charge in [-0.1, -0.05) is 41.4 Å². The highest BCUT2D eigenvalue weighted by Gasteiger charge is 2.37. The average Bonchev–Trinajstić information content (AvgIpc) is 3.40. The summed E-state index contributed by atoms with van der Waals surface area (Å²) < 4.78 is 70.0. The number of rotatable bonds is 6. The highest BCUT2D eigenvalue weighted by molar-refractivity contribution is 7.92. The molecule has 0 radical (unpaired) electrons. The summed E-state index contributed by atoms with van der Waals surface area (Å²) in [6, 6.07) is 10.3. The van der Waals surface area contributed by atoms with Crippen LogP contribution in [-0.2, 0) is 22.6 Å². The van der Waals surface area contributed by atoms with Crippen molar-refractivity contribution in [2.75, 3.05) is 18.0 Å². The van der Waals surface area contributed by atoms with Crippen molar-refractivity contribution in [1.29, 1.82) is 5.26 Å². The van der Waals surface area contributed by atoms with Crippen LogP contribution in [0.25, 0.3) is 0 Å². The molecular weight excluding hydrogens is 582 g/mol. The average molecular weight is 600 g/mol. The maximum atomic E-state index is 13.3. The third kappa shape index (κ3) is 6.35. The molecule has 0 bridgehead atoms. The Kier molecular flexibility index (Phi) is 8.20. The van der Waals surface area contributed by atoms with Crippen molar-refractivity contribution < 1.29 is 31.1 Å². The summed E-state index contributed by atoms with van der Waals surface area (Å²) in [4.78, 5) is 21.8. The van der Waals surface area contributed by atoms with Crippen molar-refractivity contribution in [3.8, 4) is 11.8 Å². The number of amides is 1. The molecule has 0 saturated carbocycles. The summed E-state index contributed by atoms with van der Waals surface area (Å²) in [6.45, 7) is 0.0257. The number of anilines is 1. The fraction of sp³-hybridized carbons (Fsp3) is 0.250. The fourth-order valence-electron chi connectivity index (χ4n) is 3.89. The minimum atomic E-state index is -4.48. The summed E-state index contributed by atoms with van der Waals surface area (Å²) in [6.07, 6.45) is -4.14. The molecule has 1 aliphatic rings. The summed E-state index contributed by atoms with van der Waals surface area (Å²) in [5.74, 6) is -0.342. The van der Waals surface area contributed by atoms with E-state index in [0.29, 0.717) is 5.56 Å². The van der Waals surface area contributed by atoms with E-state index in [-0.39, 0.29) is 58.4 Å². The van der Waals surface area contributed by atoms with Crippen molar-refractivity contribution >= 4 is 45.0 Å². The standard InChI is InChI=1S/C24H18Cl2F3N5O4S/c25-17-2-1-3-19(21(17)26)39(36,37)16-8-9-34(13-16)22-18(12-31-20(10-30)33-22)38-23(35)32-11-14-4-6-15(7-5-14)24(27,28)29/h1-7,12,16H,8-9,11,13H2,(H,32,35)/t16-/m0/s1. The molecule has 0 unspecified atom stereocenters. The Hall–Kier alpha value is -3.60. The number of carbonyl (C=O) groups is 1. The number of benzene rings is 2. The molecule has 2 heterocycles. The van der Waals surface area contributed by atoms with Gasteiger partial charge in [0.2, 0.25) is 5.82 Å². The van der Waals surface area contributed by atoms with Gasteiger partial charge in [0.05, 0.1) is 32.0 Å². The van der Waals surface area contributed by atoms with Gasteiger partial charge in [0.15, 0.2) is 21.4 Å². The second-order valence-electron chi connectivity index (χ2n) is 8.38. The maximum absolute atomic E-state index is 13.3. The van der Waals surface area contributed by atoms with Crippen LogP contribution in [0.2, 0.25) is 10.0 Å². The fourth-order valence-corrected chi connectivity index (χ4v) is 6.35. The molecule has 204 valence electrons. The van der Waals surface area contributed by atoms with Gasteiger partial charge in [-0.25, -0.2) is 18.2 Å². The summed E-state index contributed by atoms with van der Waals surface area (Å²) in [5, 5.41) is 10.8. The monoisotopic (exact) mass is 599 g/mol. The van der Waals surface area contributed by atoms with Crippen LogP contribution in [0, 0.1) is 11.3 Å². The Balaban J connectivity index is 1.48. The molecule has 15 heteroatoms. The molecule has 0 spiro atoms. The van der Waals surface area contributed by atoms with Crippen molar-refractivity contribution in [3.63, 3.8) is 0 Å². The van der Waals surface area contributed by atoms with Crippen molar-refractivity contribution in [2.24, 2.45) is 0 Å². The van der Waals surface area contributed by atoms with E-state index < -0.39 is 32.9 Å². The van der Waals surface area contributed by atoms with Crippen LogP contribution in [0.5, 0.6) is 5.75 Å². The number of halogens is 5. The van der Waals surface area contributed by atoms with Crippen LogP contribution in [0.4, 0.5) is 23.8 Å². The molecule has 1 saturated heterocycles. The number of hydrogen-bond donors (Lipinski definition) is 1. The lowest BCUT2D eigenvalue weighted by Crippen LogP contribution is -2.30. The molecule has 3 aromatic rings. The number of nitrogens with zero attached hydrogens (tertiary/aromatic N) is 4. The van der Waals surface area contributed by atoms with Gasteiger partial charge in [0.25, 0.3) is 0 Å². The Labute approximate surface area is 231 Å². The van der Waals surface area contributed by atoms with Gasteiger partial charge in [-0.05, 0) is 36.2 Å². The van der Waals surface area contributed by atoms with E-state index >= 15 is 0 Å². The molecule has 1 fully saturated rings. The normalized spacial score (nSPS) is 15.6. The lowest BCUT2D eigenvalue weighted by Gasteiger charge is -2.20. The Bertz CT molecular complexity index is 1550. The molecule has 1 atom stereocenters. The largest absolute Gasteiger partial charge is 0.416 e. The molecule has 39 heavy (non-hydrogen) atoms. The second-order valence-corrected chi connectivity index (χ2v) is 11.4. The molecule has 1 aliphatic heterocycles. The first-order valence-corrected chi connectivity index (χ1v) is 13.5. The predicted octanol–water partition coefficient (Wildman–Crippen LogP) is 5.02. The Morgan fingerprint density at radius 1 is 1.21 bits per heavy atom. The zero-order chi connectivity index (χ0) is 28.4. The van der Waals surface area contributed by atoms with Gasteiger partial charge in [-0.2, -0.15) is 23.4 Å². The van der Waals surface area contributed by atoms with Crippen LogP contribution in [0.3, 0.4) is 0 Å². The van der Waals surface area contributed by atoms with Gasteiger partial charge in [0.1, 0.15) is 6.07 Å². The summed E-state index contributed by atoms with van der Waals surface area (Å²) >= 11 is 12.1. The molecular formula is C24H18Cl2F3N5O4S. The summed E-state index contributed by atoms with van der Waals surface area (Å²) in [5.41, 5.74) is -0.430. The number of nitrogens with one attached hydrogen (secondary N) is 1. The number of nitriles is 1. The van der Waals surface area contributed by atoms with E-state index in [9.17, 15) is 31.6 Å². The van der Waals surface area contributed by atoms with Crippen molar-refractivity contribution in [1.82, 2.24) is 15.3 Å². The second kappa shape index (κ2) is 11.3. The molecule has 1 aromatic heterocycles. The zero-order valence-electron chi connectivity index (χ0n) is 19.7. The Morgan fingerprint density at radius 2 is 1.92 bits per heavy atom. The Morgan fingerprint density at radius 3 is 2.59 bits per heavy atom. The van der Waals surface area contributed by atoms with Gasteiger partial charge < -0.3 is 15.0 Å². The van der Waals surface area contributed by atoms with Crippen LogP contribution in [0.1, 0.15) is 23.4 Å². The first-order valence-electron chi connectivity index (χ1n) is 11.2. The molecule has 1 N–H and O–H groups in total. The topological polar surface area (TPSA) is 125 Å². The van der Waals surface area contributed by atoms with E-state index in [1.165, 1.54) is 30.3 Å². The lowest BCUT2D eigenvalue weighted by molar-refractivity contribution is -0.137. The van der Waals surface area contributed by atoms with E-state index in [1.54, 1.807) is 11.0 Å². The molecule has 0 aliphatic carbocycles. The van der Waals surface area contributed by atoms with Crippen LogP contribution in [-0.4, -0.2) is 42.8 Å². The molecule has 2 aromatic carbocycles. The van der Waals surface area contributed by atoms with Gasteiger partial charge in [-0.3, -0.25) is 0 Å². The number of aromatic nitrogens is 2. The lowest BCUT2D eigenvalue weighted by atomic mass is 10.1. The zero-order valence-corrected chi connectivity index (χ0v) is 22.1. The number of alkyl halides is 3. The maximum Gasteiger partial charge on any atom is 0.416 e. The van der Waals surface area contributed by atoms with E-state index in [1.807, 2.05) is 0 Å². The van der Waals surface area contributed by atoms with E-state index in [2.05, 4.69) is 15.3 Å². The third-order valence-electron chi connectivity index (χ3n) is 5.86. The minimum Gasteiger partial charge on any atom is -0.405 e. The smallest absolute Gasteiger partial charge is 0.405 e. The number of sulfone groups is 1. The first kappa shape index (κ1) is 28.4. The molecule has 4 rings (SSSR count). The number of hydrogen-bond acceptors (Lipinski definition) is 8. The van der Waals surface area contributed by atoms with Gasteiger partial charge in [-0.15, -0.1) is 0 Å². The predicted molar refractivity (Wildman–Crippen MR) is 135 cm³/mol. The van der Waals surface area contributed by atoms with E-state index in [4.69, 9.17) is 27.9 Å².